The van der Waals surface area contributed by atoms with Crippen LogP contribution in [0.25, 0.3) is 0 Å². The number of benzene rings is 2. The minimum absolute atomic E-state index is 0.303. The van der Waals surface area contributed by atoms with E-state index in [1.807, 2.05) is 36.4 Å². The summed E-state index contributed by atoms with van der Waals surface area (Å²) < 4.78 is 14.4. The van der Waals surface area contributed by atoms with Crippen LogP contribution in [0, 0.1) is 5.82 Å². The maximum atomic E-state index is 14.4. The van der Waals surface area contributed by atoms with E-state index in [4.69, 9.17) is 5.73 Å². The number of benzodiazepines with no additional fused rings is 1. The molecule has 0 aliphatic carbocycles. The van der Waals surface area contributed by atoms with Crippen molar-refractivity contribution in [1.82, 2.24) is 4.98 Å². The molecule has 6 heteroatoms. The highest BCUT2D eigenvalue weighted by atomic mass is 19.1. The van der Waals surface area contributed by atoms with Crippen LogP contribution in [0.3, 0.4) is 0 Å². The van der Waals surface area contributed by atoms with Gasteiger partial charge in [-0.15, -0.1) is 0 Å². The molecule has 1 unspecified atom stereocenters. The van der Waals surface area contributed by atoms with Gasteiger partial charge in [-0.2, -0.15) is 0 Å². The van der Waals surface area contributed by atoms with Crippen LogP contribution in [-0.4, -0.2) is 22.8 Å². The van der Waals surface area contributed by atoms with E-state index in [1.165, 1.54) is 6.07 Å². The number of fused-ring (bicyclic) bond motifs is 1. The van der Waals surface area contributed by atoms with Crippen molar-refractivity contribution >= 4 is 17.3 Å². The lowest BCUT2D eigenvalue weighted by Crippen LogP contribution is -2.41. The molecule has 5 nitrogen and oxygen atoms in total. The highest BCUT2D eigenvalue weighted by molar-refractivity contribution is 6.20. The topological polar surface area (TPSA) is 71.6 Å². The van der Waals surface area contributed by atoms with Crippen molar-refractivity contribution in [2.45, 2.75) is 12.7 Å². The van der Waals surface area contributed by atoms with Crippen LogP contribution >= 0.6 is 0 Å². The van der Waals surface area contributed by atoms with Crippen molar-refractivity contribution in [3.8, 4) is 0 Å². The molecule has 3 aromatic rings. The Hall–Kier alpha value is -3.38. The Bertz CT molecular complexity index is 1020. The van der Waals surface area contributed by atoms with E-state index >= 15 is 0 Å². The quantitative estimate of drug-likeness (QED) is 0.781. The summed E-state index contributed by atoms with van der Waals surface area (Å²) >= 11 is 0. The molecule has 0 spiro atoms. The summed E-state index contributed by atoms with van der Waals surface area (Å²) in [6.07, 6.45) is 2.25. The third-order valence-electron chi connectivity index (χ3n) is 4.43. The number of amides is 1. The molecule has 1 amide bonds. The number of halogens is 1. The van der Waals surface area contributed by atoms with Crippen LogP contribution < -0.4 is 10.6 Å². The standard InChI is InChI=1S/C21H17FN4O/c22-17-9-3-1-7-15(17)19-16-8-2-4-10-18(16)26(21(27)20(23)25-19)13-14-6-5-11-24-12-14/h1-12,20H,13,23H2. The highest BCUT2D eigenvalue weighted by Gasteiger charge is 2.30. The SMILES string of the molecule is NC1N=C(c2ccccc2F)c2ccccc2N(Cc2cccnc2)C1=O. The Balaban J connectivity index is 1.86. The first-order valence-electron chi connectivity index (χ1n) is 8.53. The van der Waals surface area contributed by atoms with Crippen molar-refractivity contribution in [3.05, 3.63) is 95.6 Å². The largest absolute Gasteiger partial charge is 0.304 e. The number of pyridine rings is 1. The summed E-state index contributed by atoms with van der Waals surface area (Å²) in [5.41, 5.74) is 8.92. The summed E-state index contributed by atoms with van der Waals surface area (Å²) in [5.74, 6) is -0.760. The van der Waals surface area contributed by atoms with Gasteiger partial charge in [-0.05, 0) is 29.8 Å². The first-order chi connectivity index (χ1) is 13.1. The number of hydrogen-bond acceptors (Lipinski definition) is 4. The molecule has 0 radical (unpaired) electrons. The maximum absolute atomic E-state index is 14.4. The Morgan fingerprint density at radius 1 is 1.00 bits per heavy atom. The van der Waals surface area contributed by atoms with Gasteiger partial charge in [-0.1, -0.05) is 36.4 Å². The molecule has 2 N–H and O–H groups in total. The maximum Gasteiger partial charge on any atom is 0.266 e. The van der Waals surface area contributed by atoms with E-state index in [9.17, 15) is 9.18 Å². The second-order valence-corrected chi connectivity index (χ2v) is 6.21. The zero-order chi connectivity index (χ0) is 18.8. The summed E-state index contributed by atoms with van der Waals surface area (Å²) in [6.45, 7) is 0.303. The number of rotatable bonds is 3. The van der Waals surface area contributed by atoms with Gasteiger partial charge in [0.25, 0.3) is 5.91 Å². The predicted molar refractivity (Wildman–Crippen MR) is 102 cm³/mol. The van der Waals surface area contributed by atoms with Crippen molar-refractivity contribution in [1.29, 1.82) is 0 Å². The number of aliphatic imine (C=N–C) groups is 1. The molecule has 1 aromatic heterocycles. The summed E-state index contributed by atoms with van der Waals surface area (Å²) in [7, 11) is 0. The zero-order valence-corrected chi connectivity index (χ0v) is 14.4. The van der Waals surface area contributed by atoms with E-state index in [2.05, 4.69) is 9.98 Å². The Morgan fingerprint density at radius 2 is 1.74 bits per heavy atom. The smallest absolute Gasteiger partial charge is 0.266 e. The normalized spacial score (nSPS) is 16.5. The molecule has 134 valence electrons. The van der Waals surface area contributed by atoms with Gasteiger partial charge in [0, 0.05) is 23.5 Å². The van der Waals surface area contributed by atoms with E-state index in [1.54, 1.807) is 35.5 Å². The predicted octanol–water partition coefficient (Wildman–Crippen LogP) is 2.89. The molecule has 4 rings (SSSR count). The summed E-state index contributed by atoms with van der Waals surface area (Å²) in [4.78, 5) is 23.0. The fourth-order valence-corrected chi connectivity index (χ4v) is 3.16. The molecule has 1 aliphatic rings. The lowest BCUT2D eigenvalue weighted by atomic mass is 9.99. The van der Waals surface area contributed by atoms with E-state index in [0.29, 0.717) is 29.1 Å². The van der Waals surface area contributed by atoms with Gasteiger partial charge in [0.2, 0.25) is 0 Å². The van der Waals surface area contributed by atoms with Crippen LogP contribution in [0.1, 0.15) is 16.7 Å². The van der Waals surface area contributed by atoms with Crippen LogP contribution in [-0.2, 0) is 11.3 Å². The van der Waals surface area contributed by atoms with Gasteiger partial charge in [0.1, 0.15) is 5.82 Å². The number of nitrogens with two attached hydrogens (primary N) is 1. The molecule has 0 saturated heterocycles. The average molecular weight is 360 g/mol. The fourth-order valence-electron chi connectivity index (χ4n) is 3.16. The second-order valence-electron chi connectivity index (χ2n) is 6.21. The van der Waals surface area contributed by atoms with Crippen molar-refractivity contribution in [2.75, 3.05) is 4.90 Å². The minimum atomic E-state index is -1.12. The molecular weight excluding hydrogens is 343 g/mol. The second kappa shape index (κ2) is 7.09. The highest BCUT2D eigenvalue weighted by Crippen LogP contribution is 2.29. The van der Waals surface area contributed by atoms with E-state index in [-0.39, 0.29) is 5.91 Å². The van der Waals surface area contributed by atoms with Crippen molar-refractivity contribution in [3.63, 3.8) is 0 Å². The van der Waals surface area contributed by atoms with E-state index < -0.39 is 12.0 Å². The number of para-hydroxylation sites is 1. The first kappa shape index (κ1) is 17.1. The molecule has 0 fully saturated rings. The number of carbonyl (C=O) groups is 1. The van der Waals surface area contributed by atoms with Crippen LogP contribution in [0.4, 0.5) is 10.1 Å². The lowest BCUT2D eigenvalue weighted by Gasteiger charge is -2.24. The molecule has 0 saturated carbocycles. The van der Waals surface area contributed by atoms with Crippen LogP contribution in [0.2, 0.25) is 0 Å². The van der Waals surface area contributed by atoms with Gasteiger partial charge in [0.15, 0.2) is 6.17 Å². The number of carbonyl (C=O) groups excluding carboxylic acids is 1. The van der Waals surface area contributed by atoms with Gasteiger partial charge in [-0.3, -0.25) is 14.8 Å². The number of nitrogens with zero attached hydrogens (tertiary/aromatic N) is 3. The lowest BCUT2D eigenvalue weighted by molar-refractivity contribution is -0.119. The first-order valence-corrected chi connectivity index (χ1v) is 8.53. The minimum Gasteiger partial charge on any atom is -0.304 e. The van der Waals surface area contributed by atoms with Gasteiger partial charge in [-0.25, -0.2) is 4.39 Å². The van der Waals surface area contributed by atoms with Crippen LogP contribution in [0.15, 0.2) is 78.0 Å². The molecule has 1 atom stereocenters. The summed E-state index contributed by atoms with van der Waals surface area (Å²) in [5, 5.41) is 0. The van der Waals surface area contributed by atoms with Gasteiger partial charge >= 0.3 is 0 Å². The molecule has 2 heterocycles. The molecule has 1 aliphatic heterocycles. The van der Waals surface area contributed by atoms with Crippen molar-refractivity contribution < 1.29 is 9.18 Å². The van der Waals surface area contributed by atoms with Crippen LogP contribution in [0.5, 0.6) is 0 Å². The molecule has 0 bridgehead atoms. The molecule has 27 heavy (non-hydrogen) atoms. The number of hydrogen-bond donors (Lipinski definition) is 1. The molecule has 2 aromatic carbocycles. The Morgan fingerprint density at radius 3 is 2.48 bits per heavy atom. The Labute approximate surface area is 156 Å². The van der Waals surface area contributed by atoms with Crippen molar-refractivity contribution in [2.24, 2.45) is 10.7 Å². The average Bonchev–Trinajstić information content (AvgIpc) is 2.80. The third-order valence-corrected chi connectivity index (χ3v) is 4.43. The number of aromatic nitrogens is 1. The number of anilines is 1. The van der Waals surface area contributed by atoms with E-state index in [0.717, 1.165) is 5.56 Å². The molecular formula is C21H17FN4O. The Kier molecular flexibility index (Phi) is 4.48. The monoisotopic (exact) mass is 360 g/mol. The summed E-state index contributed by atoms with van der Waals surface area (Å²) in [6, 6.07) is 17.3. The third kappa shape index (κ3) is 3.22. The van der Waals surface area contributed by atoms with Gasteiger partial charge < -0.3 is 10.6 Å². The van der Waals surface area contributed by atoms with Gasteiger partial charge in [0.05, 0.1) is 17.9 Å². The fraction of sp³-hybridized carbons (Fsp3) is 0.0952. The zero-order valence-electron chi connectivity index (χ0n) is 14.4.